The summed E-state index contributed by atoms with van der Waals surface area (Å²) in [7, 11) is 0. The molecule has 0 fully saturated rings. The van der Waals surface area contributed by atoms with Crippen LogP contribution in [0.2, 0.25) is 0 Å². The van der Waals surface area contributed by atoms with E-state index in [9.17, 15) is 4.79 Å². The van der Waals surface area contributed by atoms with E-state index in [1.54, 1.807) is 24.5 Å². The fourth-order valence-electron chi connectivity index (χ4n) is 1.10. The highest BCUT2D eigenvalue weighted by atomic mass is 16.1. The molecule has 2 rings (SSSR count). The lowest BCUT2D eigenvalue weighted by Crippen LogP contribution is -1.87. The number of aldehydes is 1. The summed E-state index contributed by atoms with van der Waals surface area (Å²) >= 11 is 0. The largest absolute Gasteiger partial charge is 0.298 e. The molecule has 2 heterocycles. The molecule has 0 aliphatic carbocycles. The fraction of sp³-hybridized carbons (Fsp3) is 0. The first-order chi connectivity index (χ1) is 5.92. The molecule has 2 aromatic heterocycles. The van der Waals surface area contributed by atoms with Gasteiger partial charge in [-0.2, -0.15) is 0 Å². The Kier molecular flexibility index (Phi) is 1.55. The van der Waals surface area contributed by atoms with Crippen LogP contribution in [-0.2, 0) is 0 Å². The average Bonchev–Trinajstić information content (AvgIpc) is 2.17. The lowest BCUT2D eigenvalue weighted by atomic mass is 10.2. The minimum atomic E-state index is 0.584. The summed E-state index contributed by atoms with van der Waals surface area (Å²) in [4.78, 5) is 18.7. The van der Waals surface area contributed by atoms with Gasteiger partial charge in [0.15, 0.2) is 6.29 Å². The Morgan fingerprint density at radius 3 is 2.92 bits per heavy atom. The van der Waals surface area contributed by atoms with Gasteiger partial charge in [-0.3, -0.25) is 14.8 Å². The molecule has 12 heavy (non-hydrogen) atoms. The number of pyridine rings is 2. The molecule has 2 aromatic rings. The highest BCUT2D eigenvalue weighted by Crippen LogP contribution is 2.10. The van der Waals surface area contributed by atoms with E-state index in [1.165, 1.54) is 0 Å². The molecule has 58 valence electrons. The Bertz CT molecular complexity index is 420. The Balaban J connectivity index is 2.88. The third-order valence-electron chi connectivity index (χ3n) is 1.65. The van der Waals surface area contributed by atoms with Crippen LogP contribution < -0.4 is 0 Å². The van der Waals surface area contributed by atoms with Gasteiger partial charge in [0.2, 0.25) is 0 Å². The minimum Gasteiger partial charge on any atom is -0.298 e. The van der Waals surface area contributed by atoms with Gasteiger partial charge in [0.1, 0.15) is 0 Å². The lowest BCUT2D eigenvalue weighted by molar-refractivity contribution is 0.112. The third-order valence-corrected chi connectivity index (χ3v) is 1.65. The van der Waals surface area contributed by atoms with Crippen molar-refractivity contribution in [1.82, 2.24) is 9.97 Å². The van der Waals surface area contributed by atoms with Crippen LogP contribution in [-0.4, -0.2) is 16.3 Å². The second kappa shape index (κ2) is 2.70. The predicted molar refractivity (Wildman–Crippen MR) is 44.9 cm³/mol. The van der Waals surface area contributed by atoms with Crippen LogP contribution >= 0.6 is 0 Å². The molecule has 0 saturated heterocycles. The average molecular weight is 158 g/mol. The molecule has 0 bridgehead atoms. The smallest absolute Gasteiger partial charge is 0.152 e. The summed E-state index contributed by atoms with van der Waals surface area (Å²) in [5, 5.41) is 0. The van der Waals surface area contributed by atoms with E-state index in [0.29, 0.717) is 11.1 Å². The van der Waals surface area contributed by atoms with Crippen molar-refractivity contribution in [3.63, 3.8) is 0 Å². The van der Waals surface area contributed by atoms with Crippen molar-refractivity contribution < 1.29 is 4.79 Å². The quantitative estimate of drug-likeness (QED) is 0.590. The molecular formula is C9H6N2O. The number of rotatable bonds is 1. The van der Waals surface area contributed by atoms with E-state index in [4.69, 9.17) is 0 Å². The van der Waals surface area contributed by atoms with E-state index < -0.39 is 0 Å². The van der Waals surface area contributed by atoms with Gasteiger partial charge in [-0.25, -0.2) is 0 Å². The summed E-state index contributed by atoms with van der Waals surface area (Å²) in [6.07, 6.45) is 4.04. The van der Waals surface area contributed by atoms with Crippen molar-refractivity contribution in [1.29, 1.82) is 0 Å². The van der Waals surface area contributed by atoms with Gasteiger partial charge in [-0.05, 0) is 18.2 Å². The zero-order valence-electron chi connectivity index (χ0n) is 6.27. The van der Waals surface area contributed by atoms with Crippen molar-refractivity contribution in [2.45, 2.75) is 0 Å². The van der Waals surface area contributed by atoms with Gasteiger partial charge >= 0.3 is 0 Å². The summed E-state index contributed by atoms with van der Waals surface area (Å²) in [5.41, 5.74) is 2.00. The first kappa shape index (κ1) is 6.91. The van der Waals surface area contributed by atoms with Crippen LogP contribution in [0.25, 0.3) is 11.0 Å². The first-order valence-corrected chi connectivity index (χ1v) is 3.57. The maximum absolute atomic E-state index is 10.6. The van der Waals surface area contributed by atoms with Crippen LogP contribution in [0, 0.1) is 0 Å². The molecule has 0 radical (unpaired) electrons. The summed E-state index contributed by atoms with van der Waals surface area (Å²) in [6, 6.07) is 5.28. The summed E-state index contributed by atoms with van der Waals surface area (Å²) < 4.78 is 0. The van der Waals surface area contributed by atoms with E-state index in [-0.39, 0.29) is 0 Å². The van der Waals surface area contributed by atoms with Crippen LogP contribution in [0.15, 0.2) is 30.6 Å². The Labute approximate surface area is 69.1 Å². The molecule has 0 amide bonds. The molecule has 0 aliphatic heterocycles. The molecule has 0 atom stereocenters. The SMILES string of the molecule is O=Cc1ccnc2cccnc12. The van der Waals surface area contributed by atoms with Crippen molar-refractivity contribution in [2.75, 3.05) is 0 Å². The number of hydrogen-bond acceptors (Lipinski definition) is 3. The van der Waals surface area contributed by atoms with Crippen LogP contribution in [0.5, 0.6) is 0 Å². The summed E-state index contributed by atoms with van der Waals surface area (Å²) in [6.45, 7) is 0. The second-order valence-electron chi connectivity index (χ2n) is 2.39. The second-order valence-corrected chi connectivity index (χ2v) is 2.39. The number of fused-ring (bicyclic) bond motifs is 1. The molecule has 0 aromatic carbocycles. The van der Waals surface area contributed by atoms with E-state index in [0.717, 1.165) is 11.8 Å². The molecule has 0 aliphatic rings. The van der Waals surface area contributed by atoms with Gasteiger partial charge in [0, 0.05) is 18.0 Å². The maximum atomic E-state index is 10.6. The van der Waals surface area contributed by atoms with E-state index >= 15 is 0 Å². The zero-order valence-corrected chi connectivity index (χ0v) is 6.27. The lowest BCUT2D eigenvalue weighted by Gasteiger charge is -1.96. The third kappa shape index (κ3) is 0.955. The molecular weight excluding hydrogens is 152 g/mol. The molecule has 0 N–H and O–H groups in total. The molecule has 3 nitrogen and oxygen atoms in total. The van der Waals surface area contributed by atoms with Crippen molar-refractivity contribution in [2.24, 2.45) is 0 Å². The van der Waals surface area contributed by atoms with Gasteiger partial charge in [0.25, 0.3) is 0 Å². The number of carbonyl (C=O) groups excluding carboxylic acids is 1. The van der Waals surface area contributed by atoms with Crippen molar-refractivity contribution >= 4 is 17.3 Å². The molecule has 0 unspecified atom stereocenters. The zero-order chi connectivity index (χ0) is 8.39. The highest BCUT2D eigenvalue weighted by Gasteiger charge is 1.99. The fourth-order valence-corrected chi connectivity index (χ4v) is 1.10. The summed E-state index contributed by atoms with van der Waals surface area (Å²) in [5.74, 6) is 0. The van der Waals surface area contributed by atoms with Crippen LogP contribution in [0.1, 0.15) is 10.4 Å². The first-order valence-electron chi connectivity index (χ1n) is 3.57. The maximum Gasteiger partial charge on any atom is 0.152 e. The normalized spacial score (nSPS) is 10.0. The van der Waals surface area contributed by atoms with Gasteiger partial charge in [-0.1, -0.05) is 0 Å². The topological polar surface area (TPSA) is 42.9 Å². The Morgan fingerprint density at radius 1 is 1.17 bits per heavy atom. The highest BCUT2D eigenvalue weighted by molar-refractivity contribution is 5.93. The molecule has 0 saturated carbocycles. The van der Waals surface area contributed by atoms with Crippen LogP contribution in [0.4, 0.5) is 0 Å². The Hall–Kier alpha value is -1.77. The standard InChI is InChI=1S/C9H6N2O/c12-6-7-3-5-10-8-2-1-4-11-9(7)8/h1-6H. The minimum absolute atomic E-state index is 0.584. The molecule has 0 spiro atoms. The monoisotopic (exact) mass is 158 g/mol. The van der Waals surface area contributed by atoms with E-state index in [2.05, 4.69) is 9.97 Å². The van der Waals surface area contributed by atoms with Crippen molar-refractivity contribution in [3.05, 3.63) is 36.2 Å². The van der Waals surface area contributed by atoms with Gasteiger partial charge in [0.05, 0.1) is 11.0 Å². The number of carbonyl (C=O) groups is 1. The van der Waals surface area contributed by atoms with E-state index in [1.807, 2.05) is 6.07 Å². The number of hydrogen-bond donors (Lipinski definition) is 0. The van der Waals surface area contributed by atoms with Gasteiger partial charge < -0.3 is 0 Å². The van der Waals surface area contributed by atoms with Gasteiger partial charge in [-0.15, -0.1) is 0 Å². The Morgan fingerprint density at radius 2 is 2.08 bits per heavy atom. The van der Waals surface area contributed by atoms with Crippen molar-refractivity contribution in [3.8, 4) is 0 Å². The number of aromatic nitrogens is 2. The number of nitrogens with zero attached hydrogens (tertiary/aromatic N) is 2. The molecule has 3 heteroatoms. The van der Waals surface area contributed by atoms with Crippen LogP contribution in [0.3, 0.4) is 0 Å². The predicted octanol–water partition coefficient (Wildman–Crippen LogP) is 1.44.